The highest BCUT2D eigenvalue weighted by Gasteiger charge is 2.30. The lowest BCUT2D eigenvalue weighted by molar-refractivity contribution is -0.123. The summed E-state index contributed by atoms with van der Waals surface area (Å²) in [5, 5.41) is 3.00. The van der Waals surface area contributed by atoms with Crippen LogP contribution in [0.2, 0.25) is 0 Å². The molecule has 1 aromatic heterocycles. The molecular formula is C26H36N4O3S. The maximum absolute atomic E-state index is 13.4. The van der Waals surface area contributed by atoms with Gasteiger partial charge in [-0.1, -0.05) is 69.5 Å². The Bertz CT molecular complexity index is 1050. The van der Waals surface area contributed by atoms with Gasteiger partial charge < -0.3 is 10.2 Å². The fourth-order valence-electron chi connectivity index (χ4n) is 4.39. The van der Waals surface area contributed by atoms with Gasteiger partial charge in [0.05, 0.1) is 5.75 Å². The Morgan fingerprint density at radius 3 is 2.53 bits per heavy atom. The predicted molar refractivity (Wildman–Crippen MR) is 135 cm³/mol. The highest BCUT2D eigenvalue weighted by atomic mass is 32.2. The molecule has 3 rings (SSSR count). The topological polar surface area (TPSA) is 92.3 Å². The highest BCUT2D eigenvalue weighted by molar-refractivity contribution is 7.90. The molecule has 8 heteroatoms. The number of aromatic nitrogens is 2. The van der Waals surface area contributed by atoms with Gasteiger partial charge in [0.15, 0.2) is 0 Å². The van der Waals surface area contributed by atoms with E-state index in [0.717, 1.165) is 25.7 Å². The molecule has 7 nitrogen and oxygen atoms in total. The number of hydrogen-bond acceptors (Lipinski definition) is 6. The molecule has 2 aromatic rings. The largest absolute Gasteiger partial charge is 0.352 e. The summed E-state index contributed by atoms with van der Waals surface area (Å²) in [7, 11) is -3.75. The highest BCUT2D eigenvalue weighted by Crippen LogP contribution is 2.23. The molecule has 0 aliphatic heterocycles. The molecular weight excluding hydrogens is 448 g/mol. The number of sulfone groups is 1. The molecule has 0 saturated heterocycles. The molecule has 0 spiro atoms. The van der Waals surface area contributed by atoms with Crippen LogP contribution in [-0.2, 0) is 20.4 Å². The molecule has 1 fully saturated rings. The van der Waals surface area contributed by atoms with E-state index < -0.39 is 15.9 Å². The van der Waals surface area contributed by atoms with Crippen LogP contribution in [-0.4, -0.2) is 42.9 Å². The first-order chi connectivity index (χ1) is 16.3. The van der Waals surface area contributed by atoms with Gasteiger partial charge in [0.1, 0.15) is 11.9 Å². The molecule has 1 unspecified atom stereocenters. The van der Waals surface area contributed by atoms with Gasteiger partial charge in [0, 0.05) is 18.8 Å². The molecule has 0 radical (unpaired) electrons. The summed E-state index contributed by atoms with van der Waals surface area (Å²) in [4.78, 5) is 23.7. The van der Waals surface area contributed by atoms with Crippen molar-refractivity contribution in [2.45, 2.75) is 75.4 Å². The van der Waals surface area contributed by atoms with Crippen molar-refractivity contribution < 1.29 is 13.2 Å². The molecule has 1 aliphatic rings. The average molecular weight is 485 g/mol. The first-order valence-electron chi connectivity index (χ1n) is 12.1. The third-order valence-electron chi connectivity index (χ3n) is 6.04. The number of nitrogens with zero attached hydrogens (tertiary/aromatic N) is 3. The summed E-state index contributed by atoms with van der Waals surface area (Å²) in [5.41, 5.74) is 0.670. The van der Waals surface area contributed by atoms with Crippen molar-refractivity contribution in [1.82, 2.24) is 15.3 Å². The number of benzene rings is 1. The fourth-order valence-corrected chi connectivity index (χ4v) is 5.60. The molecule has 34 heavy (non-hydrogen) atoms. The SMILES string of the molecule is C=CCN(c1ccnc(S(=O)(=O)Cc2ccccc2)n1)C(CC(C)C)C(=O)NC1CCCCC1. The van der Waals surface area contributed by atoms with Crippen LogP contribution < -0.4 is 10.2 Å². The van der Waals surface area contributed by atoms with Crippen molar-refractivity contribution in [2.24, 2.45) is 5.92 Å². The third kappa shape index (κ3) is 7.13. The van der Waals surface area contributed by atoms with Crippen LogP contribution >= 0.6 is 0 Å². The van der Waals surface area contributed by atoms with E-state index >= 15 is 0 Å². The minimum absolute atomic E-state index is 0.0465. The smallest absolute Gasteiger partial charge is 0.249 e. The van der Waals surface area contributed by atoms with Crippen LogP contribution in [0, 0.1) is 5.92 Å². The Balaban J connectivity index is 1.89. The molecule has 1 saturated carbocycles. The first kappa shape index (κ1) is 25.9. The van der Waals surface area contributed by atoms with E-state index in [4.69, 9.17) is 0 Å². The van der Waals surface area contributed by atoms with Crippen LogP contribution in [0.5, 0.6) is 0 Å². The molecule has 0 bridgehead atoms. The maximum Gasteiger partial charge on any atom is 0.249 e. The van der Waals surface area contributed by atoms with Crippen LogP contribution in [0.1, 0.15) is 57.9 Å². The summed E-state index contributed by atoms with van der Waals surface area (Å²) in [6.45, 7) is 8.36. The van der Waals surface area contributed by atoms with E-state index in [-0.39, 0.29) is 28.8 Å². The van der Waals surface area contributed by atoms with E-state index in [0.29, 0.717) is 24.3 Å². The lowest BCUT2D eigenvalue weighted by Crippen LogP contribution is -2.51. The van der Waals surface area contributed by atoms with E-state index in [1.54, 1.807) is 36.4 Å². The van der Waals surface area contributed by atoms with Crippen LogP contribution in [0.4, 0.5) is 5.82 Å². The molecule has 1 heterocycles. The Morgan fingerprint density at radius 2 is 1.88 bits per heavy atom. The summed E-state index contributed by atoms with van der Waals surface area (Å²) >= 11 is 0. The standard InChI is InChI=1S/C26H36N4O3S/c1-4-17-30(23(18-20(2)3)25(31)28-22-13-9-6-10-14-22)24-15-16-27-26(29-24)34(32,33)19-21-11-7-5-8-12-21/h4-5,7-8,11-12,15-16,20,22-23H,1,6,9-10,13-14,17-19H2,2-3H3,(H,28,31). The number of nitrogens with one attached hydrogen (secondary N) is 1. The van der Waals surface area contributed by atoms with Gasteiger partial charge in [-0.3, -0.25) is 4.79 Å². The van der Waals surface area contributed by atoms with E-state index in [9.17, 15) is 13.2 Å². The summed E-state index contributed by atoms with van der Waals surface area (Å²) < 4.78 is 26.1. The zero-order valence-electron chi connectivity index (χ0n) is 20.2. The zero-order chi connectivity index (χ0) is 24.6. The van der Waals surface area contributed by atoms with Crippen LogP contribution in [0.3, 0.4) is 0 Å². The van der Waals surface area contributed by atoms with Gasteiger partial charge in [0.2, 0.25) is 20.9 Å². The zero-order valence-corrected chi connectivity index (χ0v) is 21.0. The summed E-state index contributed by atoms with van der Waals surface area (Å²) in [5.74, 6) is 0.439. The van der Waals surface area contributed by atoms with Crippen LogP contribution in [0.15, 0.2) is 60.4 Å². The number of rotatable bonds is 11. The minimum atomic E-state index is -3.75. The molecule has 1 atom stereocenters. The average Bonchev–Trinajstić information content (AvgIpc) is 2.82. The van der Waals surface area contributed by atoms with E-state index in [2.05, 4.69) is 35.7 Å². The lowest BCUT2D eigenvalue weighted by atomic mass is 9.94. The van der Waals surface area contributed by atoms with Crippen molar-refractivity contribution in [3.8, 4) is 0 Å². The van der Waals surface area contributed by atoms with Crippen LogP contribution in [0.25, 0.3) is 0 Å². The lowest BCUT2D eigenvalue weighted by Gasteiger charge is -2.34. The van der Waals surface area contributed by atoms with Crippen molar-refractivity contribution in [2.75, 3.05) is 11.4 Å². The van der Waals surface area contributed by atoms with Gasteiger partial charge in [-0.25, -0.2) is 18.4 Å². The Hall–Kier alpha value is -2.74. The maximum atomic E-state index is 13.4. The summed E-state index contributed by atoms with van der Waals surface area (Å²) in [6.07, 6.45) is 9.24. The second-order valence-electron chi connectivity index (χ2n) is 9.37. The Kier molecular flexibility index (Phi) is 9.21. The number of anilines is 1. The number of carbonyl (C=O) groups is 1. The Morgan fingerprint density at radius 1 is 1.18 bits per heavy atom. The van der Waals surface area contributed by atoms with Crippen molar-refractivity contribution in [3.63, 3.8) is 0 Å². The Labute approximate surface area is 203 Å². The fraction of sp³-hybridized carbons (Fsp3) is 0.500. The van der Waals surface area contributed by atoms with Gasteiger partial charge in [-0.15, -0.1) is 6.58 Å². The number of carbonyl (C=O) groups excluding carboxylic acids is 1. The van der Waals surface area contributed by atoms with Gasteiger partial charge in [0.25, 0.3) is 0 Å². The van der Waals surface area contributed by atoms with E-state index in [1.807, 2.05) is 11.0 Å². The quantitative estimate of drug-likeness (QED) is 0.377. The van der Waals surface area contributed by atoms with Crippen molar-refractivity contribution >= 4 is 21.6 Å². The minimum Gasteiger partial charge on any atom is -0.352 e. The normalized spacial score (nSPS) is 15.6. The number of hydrogen-bond donors (Lipinski definition) is 1. The molecule has 184 valence electrons. The molecule has 1 N–H and O–H groups in total. The molecule has 1 amide bonds. The molecule has 1 aliphatic carbocycles. The first-order valence-corrected chi connectivity index (χ1v) is 13.7. The van der Waals surface area contributed by atoms with Crippen molar-refractivity contribution in [3.05, 3.63) is 60.8 Å². The van der Waals surface area contributed by atoms with Gasteiger partial charge >= 0.3 is 0 Å². The second-order valence-corrected chi connectivity index (χ2v) is 11.3. The van der Waals surface area contributed by atoms with Crippen molar-refractivity contribution in [1.29, 1.82) is 0 Å². The van der Waals surface area contributed by atoms with E-state index in [1.165, 1.54) is 12.6 Å². The van der Waals surface area contributed by atoms with Gasteiger partial charge in [-0.05, 0) is 36.8 Å². The van der Waals surface area contributed by atoms with Gasteiger partial charge in [-0.2, -0.15) is 0 Å². The third-order valence-corrected chi connectivity index (χ3v) is 7.51. The summed E-state index contributed by atoms with van der Waals surface area (Å²) in [6, 6.07) is 10.3. The number of amides is 1. The predicted octanol–water partition coefficient (Wildman–Crippen LogP) is 4.31. The second kappa shape index (κ2) is 12.1. The monoisotopic (exact) mass is 484 g/mol. The molecule has 1 aromatic carbocycles.